The zero-order valence-electron chi connectivity index (χ0n) is 8.73. The number of nitrogens with zero attached hydrogens (tertiary/aromatic N) is 1. The zero-order chi connectivity index (χ0) is 9.70. The number of hydrogen-bond acceptors (Lipinski definition) is 1. The summed E-state index contributed by atoms with van der Waals surface area (Å²) >= 11 is 0. The molecule has 2 nitrogen and oxygen atoms in total. The lowest BCUT2D eigenvalue weighted by atomic mass is 10.7. The average molecular weight is 158 g/mol. The molecular formula is C9H22N2. The smallest absolute Gasteiger partial charge is 0.0967 e. The van der Waals surface area contributed by atoms with Crippen LogP contribution in [0.3, 0.4) is 0 Å². The lowest BCUT2D eigenvalue weighted by Crippen LogP contribution is -2.11. The summed E-state index contributed by atoms with van der Waals surface area (Å²) in [5.41, 5.74) is 0. The van der Waals surface area contributed by atoms with E-state index in [9.17, 15) is 0 Å². The van der Waals surface area contributed by atoms with Crippen LogP contribution in [-0.4, -0.2) is 12.9 Å². The highest BCUT2D eigenvalue weighted by atomic mass is 14.9. The Morgan fingerprint density at radius 1 is 1.27 bits per heavy atom. The molecule has 1 N–H and O–H groups in total. The SMILES string of the molecule is C=CNC(C)=NC.CC.CC. The van der Waals surface area contributed by atoms with Crippen LogP contribution in [0, 0.1) is 0 Å². The van der Waals surface area contributed by atoms with Crippen molar-refractivity contribution in [1.82, 2.24) is 5.32 Å². The molecule has 0 aliphatic carbocycles. The fourth-order valence-electron chi connectivity index (χ4n) is 0.212. The van der Waals surface area contributed by atoms with E-state index in [-0.39, 0.29) is 0 Å². The molecule has 68 valence electrons. The van der Waals surface area contributed by atoms with Gasteiger partial charge in [0, 0.05) is 7.05 Å². The Hall–Kier alpha value is -0.790. The van der Waals surface area contributed by atoms with Gasteiger partial charge in [-0.3, -0.25) is 4.99 Å². The van der Waals surface area contributed by atoms with E-state index in [1.54, 1.807) is 13.2 Å². The summed E-state index contributed by atoms with van der Waals surface area (Å²) in [4.78, 5) is 3.81. The third-order valence-electron chi connectivity index (χ3n) is 0.646. The van der Waals surface area contributed by atoms with E-state index in [0.717, 1.165) is 5.84 Å². The molecule has 0 amide bonds. The van der Waals surface area contributed by atoms with Crippen molar-refractivity contribution in [1.29, 1.82) is 0 Å². The minimum absolute atomic E-state index is 0.884. The first-order chi connectivity index (χ1) is 5.31. The first-order valence-electron chi connectivity index (χ1n) is 4.12. The fraction of sp³-hybridized carbons (Fsp3) is 0.667. The van der Waals surface area contributed by atoms with Gasteiger partial charge in [0.1, 0.15) is 0 Å². The van der Waals surface area contributed by atoms with Crippen molar-refractivity contribution >= 4 is 5.84 Å². The summed E-state index contributed by atoms with van der Waals surface area (Å²) in [6.07, 6.45) is 1.60. The van der Waals surface area contributed by atoms with Gasteiger partial charge >= 0.3 is 0 Å². The molecule has 0 atom stereocenters. The molecule has 0 aromatic heterocycles. The lowest BCUT2D eigenvalue weighted by Gasteiger charge is -1.92. The van der Waals surface area contributed by atoms with Gasteiger partial charge in [-0.05, 0) is 13.1 Å². The standard InChI is InChI=1S/C5H10N2.2C2H6/c1-4-7-5(2)6-3;2*1-2/h4H,1H2,2-3H3,(H,6,7);2*1-2H3. The predicted octanol–water partition coefficient (Wildman–Crippen LogP) is 2.82. The van der Waals surface area contributed by atoms with Gasteiger partial charge < -0.3 is 5.32 Å². The van der Waals surface area contributed by atoms with Crippen LogP contribution in [0.1, 0.15) is 34.6 Å². The summed E-state index contributed by atoms with van der Waals surface area (Å²) in [7, 11) is 1.73. The molecule has 0 aromatic rings. The van der Waals surface area contributed by atoms with Crippen molar-refractivity contribution in [3.63, 3.8) is 0 Å². The zero-order valence-corrected chi connectivity index (χ0v) is 8.73. The number of aliphatic imine (C=N–C) groups is 1. The highest BCUT2D eigenvalue weighted by molar-refractivity contribution is 5.80. The molecule has 0 aliphatic rings. The average Bonchev–Trinajstić information content (AvgIpc) is 2.12. The van der Waals surface area contributed by atoms with Crippen molar-refractivity contribution in [3.8, 4) is 0 Å². The van der Waals surface area contributed by atoms with Crippen LogP contribution < -0.4 is 5.32 Å². The van der Waals surface area contributed by atoms with E-state index >= 15 is 0 Å². The Balaban J connectivity index is -0.000000138. The van der Waals surface area contributed by atoms with Gasteiger partial charge in [0.05, 0.1) is 5.84 Å². The van der Waals surface area contributed by atoms with Crippen molar-refractivity contribution in [2.75, 3.05) is 7.05 Å². The number of rotatable bonds is 1. The molecule has 2 heteroatoms. The van der Waals surface area contributed by atoms with Gasteiger partial charge in [0.25, 0.3) is 0 Å². The molecule has 0 radical (unpaired) electrons. The number of hydrogen-bond donors (Lipinski definition) is 1. The molecular weight excluding hydrogens is 136 g/mol. The molecule has 0 fully saturated rings. The molecule has 0 spiro atoms. The highest BCUT2D eigenvalue weighted by Gasteiger charge is 1.74. The molecule has 0 aliphatic heterocycles. The summed E-state index contributed by atoms with van der Waals surface area (Å²) < 4.78 is 0. The van der Waals surface area contributed by atoms with Gasteiger partial charge in [-0.15, -0.1) is 0 Å². The van der Waals surface area contributed by atoms with E-state index in [1.165, 1.54) is 0 Å². The van der Waals surface area contributed by atoms with Crippen LogP contribution in [0.15, 0.2) is 17.8 Å². The van der Waals surface area contributed by atoms with Gasteiger partial charge in [-0.25, -0.2) is 0 Å². The van der Waals surface area contributed by atoms with Gasteiger partial charge in [-0.1, -0.05) is 34.3 Å². The summed E-state index contributed by atoms with van der Waals surface area (Å²) in [5, 5.41) is 2.81. The first-order valence-corrected chi connectivity index (χ1v) is 4.12. The molecule has 0 saturated carbocycles. The number of nitrogens with one attached hydrogen (secondary N) is 1. The normalized spacial score (nSPS) is 8.00. The molecule has 0 rings (SSSR count). The topological polar surface area (TPSA) is 24.4 Å². The molecule has 0 bridgehead atoms. The van der Waals surface area contributed by atoms with Crippen LogP contribution in [0.2, 0.25) is 0 Å². The third-order valence-corrected chi connectivity index (χ3v) is 0.646. The van der Waals surface area contributed by atoms with E-state index in [2.05, 4.69) is 16.9 Å². The first kappa shape index (κ1) is 16.7. The maximum Gasteiger partial charge on any atom is 0.0967 e. The lowest BCUT2D eigenvalue weighted by molar-refractivity contribution is 1.22. The molecule has 0 aromatic carbocycles. The van der Waals surface area contributed by atoms with E-state index in [1.807, 2.05) is 34.6 Å². The Labute approximate surface area is 71.4 Å². The highest BCUT2D eigenvalue weighted by Crippen LogP contribution is 1.63. The second-order valence-electron chi connectivity index (χ2n) is 1.16. The minimum atomic E-state index is 0.884. The number of amidine groups is 1. The Morgan fingerprint density at radius 3 is 1.73 bits per heavy atom. The predicted molar refractivity (Wildman–Crippen MR) is 55.1 cm³/mol. The minimum Gasteiger partial charge on any atom is -0.351 e. The van der Waals surface area contributed by atoms with E-state index in [4.69, 9.17) is 0 Å². The Kier molecular flexibility index (Phi) is 34.6. The van der Waals surface area contributed by atoms with Gasteiger partial charge in [0.15, 0.2) is 0 Å². The van der Waals surface area contributed by atoms with E-state index < -0.39 is 0 Å². The Bertz CT molecular complexity index is 85.6. The molecule has 0 unspecified atom stereocenters. The summed E-state index contributed by atoms with van der Waals surface area (Å²) in [6.45, 7) is 13.3. The second kappa shape index (κ2) is 22.9. The maximum absolute atomic E-state index is 3.81. The molecule has 0 heterocycles. The van der Waals surface area contributed by atoms with Crippen LogP contribution in [0.5, 0.6) is 0 Å². The van der Waals surface area contributed by atoms with Crippen molar-refractivity contribution in [2.45, 2.75) is 34.6 Å². The van der Waals surface area contributed by atoms with Crippen LogP contribution in [0.25, 0.3) is 0 Å². The maximum atomic E-state index is 3.81. The van der Waals surface area contributed by atoms with Gasteiger partial charge in [-0.2, -0.15) is 0 Å². The Morgan fingerprint density at radius 2 is 1.64 bits per heavy atom. The second-order valence-corrected chi connectivity index (χ2v) is 1.16. The van der Waals surface area contributed by atoms with Crippen molar-refractivity contribution in [3.05, 3.63) is 12.8 Å². The molecule has 11 heavy (non-hydrogen) atoms. The van der Waals surface area contributed by atoms with Crippen molar-refractivity contribution < 1.29 is 0 Å². The monoisotopic (exact) mass is 158 g/mol. The van der Waals surface area contributed by atoms with Crippen LogP contribution in [-0.2, 0) is 0 Å². The van der Waals surface area contributed by atoms with Crippen LogP contribution >= 0.6 is 0 Å². The molecule has 0 saturated heterocycles. The van der Waals surface area contributed by atoms with E-state index in [0.29, 0.717) is 0 Å². The quantitative estimate of drug-likeness (QED) is 0.460. The fourth-order valence-corrected chi connectivity index (χ4v) is 0.212. The van der Waals surface area contributed by atoms with Crippen molar-refractivity contribution in [2.24, 2.45) is 4.99 Å². The van der Waals surface area contributed by atoms with Crippen LogP contribution in [0.4, 0.5) is 0 Å². The third kappa shape index (κ3) is 27.0. The largest absolute Gasteiger partial charge is 0.351 e. The summed E-state index contributed by atoms with van der Waals surface area (Å²) in [5.74, 6) is 0.884. The summed E-state index contributed by atoms with van der Waals surface area (Å²) in [6, 6.07) is 0. The van der Waals surface area contributed by atoms with Gasteiger partial charge in [0.2, 0.25) is 0 Å².